The standard InChI is InChI=1S/C17H13ClFN5O2/c18-11-5-10(2-3-12(11)19)15(13-4-1-9(6-20)7-21-13)24-16(25)14-8-22-17(26)23-14/h1-5,7,14-15H,8H2,(H,24,25)(H2,22,23,26)/t14-,15?/m0/s1. The van der Waals surface area contributed by atoms with Gasteiger partial charge in [0.2, 0.25) is 5.91 Å². The minimum Gasteiger partial charge on any atom is -0.342 e. The first kappa shape index (κ1) is 17.6. The number of nitrogens with one attached hydrogen (secondary N) is 3. The molecule has 26 heavy (non-hydrogen) atoms. The zero-order valence-electron chi connectivity index (χ0n) is 13.3. The van der Waals surface area contributed by atoms with Gasteiger partial charge in [-0.2, -0.15) is 5.26 Å². The van der Waals surface area contributed by atoms with Crippen molar-refractivity contribution in [1.82, 2.24) is 20.9 Å². The van der Waals surface area contributed by atoms with E-state index < -0.39 is 29.8 Å². The summed E-state index contributed by atoms with van der Waals surface area (Å²) < 4.78 is 13.5. The molecule has 2 atom stereocenters. The second kappa shape index (κ2) is 7.37. The first-order chi connectivity index (χ1) is 12.5. The van der Waals surface area contributed by atoms with Crippen molar-refractivity contribution in [1.29, 1.82) is 5.26 Å². The van der Waals surface area contributed by atoms with E-state index >= 15 is 0 Å². The first-order valence-corrected chi connectivity index (χ1v) is 8.01. The Hall–Kier alpha value is -3.18. The van der Waals surface area contributed by atoms with Crippen molar-refractivity contribution in [3.05, 3.63) is 64.2 Å². The molecular weight excluding hydrogens is 361 g/mol. The fourth-order valence-corrected chi connectivity index (χ4v) is 2.71. The van der Waals surface area contributed by atoms with E-state index in [4.69, 9.17) is 16.9 Å². The average Bonchev–Trinajstić information content (AvgIpc) is 3.09. The molecular formula is C17H13ClFN5O2. The number of amides is 3. The largest absolute Gasteiger partial charge is 0.342 e. The second-order valence-electron chi connectivity index (χ2n) is 5.61. The Morgan fingerprint density at radius 2 is 2.23 bits per heavy atom. The highest BCUT2D eigenvalue weighted by Gasteiger charge is 2.29. The summed E-state index contributed by atoms with van der Waals surface area (Å²) in [6.07, 6.45) is 1.37. The minimum absolute atomic E-state index is 0.0915. The van der Waals surface area contributed by atoms with Crippen molar-refractivity contribution in [3.63, 3.8) is 0 Å². The van der Waals surface area contributed by atoms with Gasteiger partial charge < -0.3 is 16.0 Å². The summed E-state index contributed by atoms with van der Waals surface area (Å²) in [6.45, 7) is 0.155. The number of rotatable bonds is 4. The average molecular weight is 374 g/mol. The summed E-state index contributed by atoms with van der Waals surface area (Å²) in [7, 11) is 0. The van der Waals surface area contributed by atoms with Crippen molar-refractivity contribution < 1.29 is 14.0 Å². The fourth-order valence-electron chi connectivity index (χ4n) is 2.52. The highest BCUT2D eigenvalue weighted by molar-refractivity contribution is 6.30. The van der Waals surface area contributed by atoms with E-state index in [2.05, 4.69) is 20.9 Å². The van der Waals surface area contributed by atoms with E-state index in [0.717, 1.165) is 0 Å². The van der Waals surface area contributed by atoms with Crippen molar-refractivity contribution in [3.8, 4) is 6.07 Å². The maximum Gasteiger partial charge on any atom is 0.315 e. The molecule has 0 spiro atoms. The lowest BCUT2D eigenvalue weighted by Gasteiger charge is -2.21. The van der Waals surface area contributed by atoms with Crippen LogP contribution in [0.5, 0.6) is 0 Å². The molecule has 0 saturated carbocycles. The summed E-state index contributed by atoms with van der Waals surface area (Å²) in [6, 6.07) is 7.29. The van der Waals surface area contributed by atoms with Crippen molar-refractivity contribution in [2.45, 2.75) is 12.1 Å². The number of hydrogen-bond acceptors (Lipinski definition) is 4. The van der Waals surface area contributed by atoms with Gasteiger partial charge in [0.15, 0.2) is 0 Å². The first-order valence-electron chi connectivity index (χ1n) is 7.63. The number of carbonyl (C=O) groups is 2. The molecule has 132 valence electrons. The molecule has 3 amide bonds. The Morgan fingerprint density at radius 3 is 2.81 bits per heavy atom. The Kier molecular flexibility index (Phi) is 5.00. The molecule has 0 bridgehead atoms. The van der Waals surface area contributed by atoms with Crippen LogP contribution in [0.2, 0.25) is 5.02 Å². The third kappa shape index (κ3) is 3.73. The summed E-state index contributed by atoms with van der Waals surface area (Å²) in [5.41, 5.74) is 1.32. The fraction of sp³-hybridized carbons (Fsp3) is 0.176. The number of urea groups is 1. The number of hydrogen-bond donors (Lipinski definition) is 3. The van der Waals surface area contributed by atoms with Crippen LogP contribution in [0.1, 0.15) is 22.9 Å². The lowest BCUT2D eigenvalue weighted by molar-refractivity contribution is -0.122. The molecule has 0 aliphatic carbocycles. The lowest BCUT2D eigenvalue weighted by atomic mass is 10.0. The summed E-state index contributed by atoms with van der Waals surface area (Å²) in [5.74, 6) is -1.01. The molecule has 1 aliphatic heterocycles. The minimum atomic E-state index is -0.737. The smallest absolute Gasteiger partial charge is 0.315 e. The van der Waals surface area contributed by atoms with E-state index in [1.54, 1.807) is 12.1 Å². The van der Waals surface area contributed by atoms with Gasteiger partial charge in [0.1, 0.15) is 17.9 Å². The van der Waals surface area contributed by atoms with Crippen molar-refractivity contribution in [2.75, 3.05) is 6.54 Å². The van der Waals surface area contributed by atoms with E-state index in [1.807, 2.05) is 6.07 Å². The van der Waals surface area contributed by atoms with Crippen LogP contribution in [0, 0.1) is 17.1 Å². The molecule has 1 aliphatic rings. The number of benzene rings is 1. The number of carbonyl (C=O) groups excluding carboxylic acids is 2. The van der Waals surface area contributed by atoms with Gasteiger partial charge in [-0.25, -0.2) is 9.18 Å². The predicted octanol–water partition coefficient (Wildman–Crippen LogP) is 1.63. The molecule has 1 aromatic carbocycles. The number of halogens is 2. The SMILES string of the molecule is N#Cc1ccc(C(NC(=O)[C@@H]2CNC(=O)N2)c2ccc(F)c(Cl)c2)nc1. The molecule has 3 N–H and O–H groups in total. The molecule has 9 heteroatoms. The Bertz CT molecular complexity index is 897. The molecule has 3 rings (SSSR count). The number of pyridine rings is 1. The molecule has 1 unspecified atom stereocenters. The van der Waals surface area contributed by atoms with Gasteiger partial charge in [0.05, 0.1) is 22.3 Å². The second-order valence-corrected chi connectivity index (χ2v) is 6.01. The summed E-state index contributed by atoms with van der Waals surface area (Å²) in [4.78, 5) is 27.9. The molecule has 1 aromatic heterocycles. The monoisotopic (exact) mass is 373 g/mol. The quantitative estimate of drug-likeness (QED) is 0.757. The van der Waals surface area contributed by atoms with Crippen LogP contribution in [0.25, 0.3) is 0 Å². The number of nitrogens with zero attached hydrogens (tertiary/aromatic N) is 2. The van der Waals surface area contributed by atoms with Gasteiger partial charge in [-0.05, 0) is 29.8 Å². The molecule has 2 aromatic rings. The van der Waals surface area contributed by atoms with Gasteiger partial charge in [-0.15, -0.1) is 0 Å². The Morgan fingerprint density at radius 1 is 1.42 bits per heavy atom. The number of aromatic nitrogens is 1. The normalized spacial score (nSPS) is 17.0. The molecule has 7 nitrogen and oxygen atoms in total. The van der Waals surface area contributed by atoms with Crippen LogP contribution < -0.4 is 16.0 Å². The topological polar surface area (TPSA) is 107 Å². The Balaban J connectivity index is 1.92. The van der Waals surface area contributed by atoms with Gasteiger partial charge in [-0.1, -0.05) is 17.7 Å². The van der Waals surface area contributed by atoms with Gasteiger partial charge in [0.25, 0.3) is 0 Å². The summed E-state index contributed by atoms with van der Waals surface area (Å²) in [5, 5.41) is 16.6. The Labute approximate surface area is 153 Å². The molecule has 2 heterocycles. The molecule has 1 saturated heterocycles. The van der Waals surface area contributed by atoms with Crippen LogP contribution in [-0.2, 0) is 4.79 Å². The lowest BCUT2D eigenvalue weighted by Crippen LogP contribution is -2.44. The van der Waals surface area contributed by atoms with Crippen molar-refractivity contribution in [2.24, 2.45) is 0 Å². The zero-order chi connectivity index (χ0) is 18.7. The number of nitriles is 1. The van der Waals surface area contributed by atoms with Crippen LogP contribution in [0.3, 0.4) is 0 Å². The zero-order valence-corrected chi connectivity index (χ0v) is 14.0. The van der Waals surface area contributed by atoms with E-state index in [0.29, 0.717) is 16.8 Å². The van der Waals surface area contributed by atoms with E-state index in [1.165, 1.54) is 24.4 Å². The maximum atomic E-state index is 13.5. The van der Waals surface area contributed by atoms with Gasteiger partial charge in [-0.3, -0.25) is 9.78 Å². The van der Waals surface area contributed by atoms with Crippen LogP contribution in [0.4, 0.5) is 9.18 Å². The highest BCUT2D eigenvalue weighted by Crippen LogP contribution is 2.25. The van der Waals surface area contributed by atoms with Crippen LogP contribution in [-0.4, -0.2) is 29.5 Å². The molecule has 1 fully saturated rings. The van der Waals surface area contributed by atoms with Crippen LogP contribution in [0.15, 0.2) is 36.5 Å². The van der Waals surface area contributed by atoms with Gasteiger partial charge >= 0.3 is 6.03 Å². The molecule has 0 radical (unpaired) electrons. The predicted molar refractivity (Wildman–Crippen MR) is 90.7 cm³/mol. The highest BCUT2D eigenvalue weighted by atomic mass is 35.5. The van der Waals surface area contributed by atoms with E-state index in [9.17, 15) is 14.0 Å². The third-order valence-corrected chi connectivity index (χ3v) is 4.15. The third-order valence-electron chi connectivity index (χ3n) is 3.86. The van der Waals surface area contributed by atoms with Crippen LogP contribution >= 0.6 is 11.6 Å². The van der Waals surface area contributed by atoms with E-state index in [-0.39, 0.29) is 11.6 Å². The maximum absolute atomic E-state index is 13.5. The van der Waals surface area contributed by atoms with Crippen molar-refractivity contribution >= 4 is 23.5 Å². The summed E-state index contributed by atoms with van der Waals surface area (Å²) >= 11 is 5.86. The van der Waals surface area contributed by atoms with Gasteiger partial charge in [0, 0.05) is 12.7 Å².